The molecule has 0 radical (unpaired) electrons. The van der Waals surface area contributed by atoms with Crippen LogP contribution in [-0.4, -0.2) is 128 Å². The Labute approximate surface area is 264 Å². The molecular weight excluding hydrogens is 592 g/mol. The summed E-state index contributed by atoms with van der Waals surface area (Å²) in [5.41, 5.74) is 1.00. The van der Waals surface area contributed by atoms with E-state index in [-0.39, 0.29) is 23.9 Å². The van der Waals surface area contributed by atoms with Gasteiger partial charge in [0, 0.05) is 0 Å². The minimum Gasteiger partial charge on any atom is -0.432 e. The lowest BCUT2D eigenvalue weighted by Gasteiger charge is -2.58. The van der Waals surface area contributed by atoms with Crippen LogP contribution in [0.5, 0.6) is 0 Å². The third-order valence-corrected chi connectivity index (χ3v) is 10.9. The molecule has 4 fully saturated rings. The Morgan fingerprint density at radius 1 is 0.911 bits per heavy atom. The zero-order valence-electron chi connectivity index (χ0n) is 26.4. The van der Waals surface area contributed by atoms with Gasteiger partial charge in [-0.05, 0) is 69.6 Å². The fourth-order valence-corrected chi connectivity index (χ4v) is 8.10. The number of carbonyl (C=O) groups is 1. The molecule has 2 saturated heterocycles. The lowest BCUT2D eigenvalue weighted by Crippen LogP contribution is -2.61. The maximum Gasteiger partial charge on any atom is 0.314 e. The van der Waals surface area contributed by atoms with Crippen molar-refractivity contribution in [3.63, 3.8) is 0 Å². The summed E-state index contributed by atoms with van der Waals surface area (Å²) < 4.78 is 22.1. The number of fused-ring (bicyclic) bond motifs is 1. The highest BCUT2D eigenvalue weighted by Gasteiger charge is 2.59. The van der Waals surface area contributed by atoms with E-state index in [1.54, 1.807) is 0 Å². The molecule has 0 aromatic rings. The normalized spacial score (nSPS) is 46.0. The Morgan fingerprint density at radius 3 is 2.09 bits per heavy atom. The van der Waals surface area contributed by atoms with E-state index in [2.05, 4.69) is 13.5 Å². The lowest BCUT2D eigenvalue weighted by atomic mass is 9.46. The van der Waals surface area contributed by atoms with Crippen LogP contribution in [0.15, 0.2) is 23.8 Å². The largest absolute Gasteiger partial charge is 0.432 e. The summed E-state index contributed by atoms with van der Waals surface area (Å²) in [6.07, 6.45) is -7.11. The summed E-state index contributed by atoms with van der Waals surface area (Å²) in [4.78, 5) is 13.8. The first-order valence-corrected chi connectivity index (χ1v) is 16.0. The topological polar surface area (TPSA) is 216 Å². The number of allylic oxidation sites excluding steroid dienone is 2. The van der Waals surface area contributed by atoms with Gasteiger partial charge < -0.3 is 59.8 Å². The van der Waals surface area contributed by atoms with Gasteiger partial charge in [0.1, 0.15) is 48.8 Å². The van der Waals surface area contributed by atoms with Crippen molar-refractivity contribution in [2.45, 2.75) is 127 Å². The van der Waals surface area contributed by atoms with Crippen molar-refractivity contribution >= 4 is 5.97 Å². The van der Waals surface area contributed by atoms with Crippen LogP contribution in [0.25, 0.3) is 0 Å². The van der Waals surface area contributed by atoms with E-state index in [0.29, 0.717) is 6.42 Å². The number of esters is 1. The summed E-state index contributed by atoms with van der Waals surface area (Å²) in [5, 5.41) is 79.8. The number of hydrogen-bond acceptors (Lipinski definition) is 13. The minimum atomic E-state index is -1.66. The summed E-state index contributed by atoms with van der Waals surface area (Å²) >= 11 is 0. The maximum absolute atomic E-state index is 13.8. The molecule has 13 heteroatoms. The average Bonchev–Trinajstić information content (AvgIpc) is 3.00. The van der Waals surface area contributed by atoms with E-state index in [9.17, 15) is 45.6 Å². The smallest absolute Gasteiger partial charge is 0.314 e. The van der Waals surface area contributed by atoms with Crippen LogP contribution < -0.4 is 0 Å². The van der Waals surface area contributed by atoms with Crippen LogP contribution in [0.1, 0.15) is 65.7 Å². The SMILES string of the molecule is C=C1CCC2C(C)(C(=O)OC3OC(CO)C(O)C(O)C3O)CCCC2(C)C1CC/C(C)=C\COC1OC(CO)C(O)C(O)C1O. The van der Waals surface area contributed by atoms with E-state index in [4.69, 9.17) is 18.9 Å². The highest BCUT2D eigenvalue weighted by molar-refractivity contribution is 5.77. The molecule has 14 unspecified atom stereocenters. The van der Waals surface area contributed by atoms with Crippen molar-refractivity contribution in [2.24, 2.45) is 22.7 Å². The van der Waals surface area contributed by atoms with Gasteiger partial charge in [0.05, 0.1) is 25.2 Å². The monoisotopic (exact) mass is 644 g/mol. The second-order valence-corrected chi connectivity index (χ2v) is 13.8. The second kappa shape index (κ2) is 14.7. The zero-order chi connectivity index (χ0) is 33.3. The molecule has 14 atom stereocenters. The maximum atomic E-state index is 13.8. The van der Waals surface area contributed by atoms with Gasteiger partial charge in [-0.15, -0.1) is 0 Å². The lowest BCUT2D eigenvalue weighted by molar-refractivity contribution is -0.298. The molecule has 0 spiro atoms. The van der Waals surface area contributed by atoms with Gasteiger partial charge in [0.2, 0.25) is 6.29 Å². The van der Waals surface area contributed by atoms with Gasteiger partial charge in [0.25, 0.3) is 0 Å². The summed E-state index contributed by atoms with van der Waals surface area (Å²) in [7, 11) is 0. The second-order valence-electron chi connectivity index (χ2n) is 13.8. The van der Waals surface area contributed by atoms with Gasteiger partial charge in [-0.3, -0.25) is 4.79 Å². The first kappa shape index (κ1) is 36.3. The summed E-state index contributed by atoms with van der Waals surface area (Å²) in [5.74, 6) is -0.480. The Kier molecular flexibility index (Phi) is 11.9. The molecule has 2 aliphatic carbocycles. The number of rotatable bonds is 10. The van der Waals surface area contributed by atoms with Crippen molar-refractivity contribution in [3.8, 4) is 0 Å². The Morgan fingerprint density at radius 2 is 1.49 bits per heavy atom. The molecule has 0 aromatic carbocycles. The molecule has 0 amide bonds. The Hall–Kier alpha value is -1.49. The van der Waals surface area contributed by atoms with Crippen LogP contribution in [0, 0.1) is 22.7 Å². The van der Waals surface area contributed by atoms with Gasteiger partial charge in [0.15, 0.2) is 6.29 Å². The van der Waals surface area contributed by atoms with Crippen LogP contribution in [0.2, 0.25) is 0 Å². The molecule has 0 bridgehead atoms. The van der Waals surface area contributed by atoms with Crippen molar-refractivity contribution < 1.29 is 64.6 Å². The zero-order valence-corrected chi connectivity index (χ0v) is 26.4. The third kappa shape index (κ3) is 7.19. The molecule has 4 aliphatic rings. The fourth-order valence-electron chi connectivity index (χ4n) is 8.10. The third-order valence-electron chi connectivity index (χ3n) is 10.9. The van der Waals surface area contributed by atoms with E-state index in [1.807, 2.05) is 19.9 Å². The van der Waals surface area contributed by atoms with Crippen LogP contribution in [0.4, 0.5) is 0 Å². The Bertz CT molecular complexity index is 1060. The number of hydrogen-bond donors (Lipinski definition) is 8. The number of carbonyl (C=O) groups excluding carboxylic acids is 1. The fraction of sp³-hybridized carbons (Fsp3) is 0.844. The van der Waals surface area contributed by atoms with Crippen LogP contribution in [0.3, 0.4) is 0 Å². The number of aliphatic hydroxyl groups excluding tert-OH is 8. The highest BCUT2D eigenvalue weighted by Crippen LogP contribution is 2.62. The molecule has 4 rings (SSSR count). The van der Waals surface area contributed by atoms with E-state index in [1.165, 1.54) is 0 Å². The molecule has 0 aromatic heterocycles. The van der Waals surface area contributed by atoms with Gasteiger partial charge >= 0.3 is 5.97 Å². The first-order chi connectivity index (χ1) is 21.2. The highest BCUT2D eigenvalue weighted by atomic mass is 16.7. The van der Waals surface area contributed by atoms with Gasteiger partial charge in [-0.25, -0.2) is 0 Å². The number of ether oxygens (including phenoxy) is 4. The molecule has 2 heterocycles. The molecule has 13 nitrogen and oxygen atoms in total. The van der Waals surface area contributed by atoms with Crippen molar-refractivity contribution in [2.75, 3.05) is 19.8 Å². The van der Waals surface area contributed by atoms with Crippen molar-refractivity contribution in [1.29, 1.82) is 0 Å². The molecule has 2 aliphatic heterocycles. The summed E-state index contributed by atoms with van der Waals surface area (Å²) in [6, 6.07) is 0. The molecule has 2 saturated carbocycles. The van der Waals surface area contributed by atoms with Crippen molar-refractivity contribution in [1.82, 2.24) is 0 Å². The Balaban J connectivity index is 1.39. The van der Waals surface area contributed by atoms with E-state index >= 15 is 0 Å². The first-order valence-electron chi connectivity index (χ1n) is 16.0. The molecule has 45 heavy (non-hydrogen) atoms. The summed E-state index contributed by atoms with van der Waals surface area (Å²) in [6.45, 7) is 9.38. The van der Waals surface area contributed by atoms with Gasteiger partial charge in [-0.1, -0.05) is 37.1 Å². The quantitative estimate of drug-likeness (QED) is 0.113. The molecule has 8 N–H and O–H groups in total. The predicted molar refractivity (Wildman–Crippen MR) is 158 cm³/mol. The standard InChI is InChI=1S/C32H52O13/c1-16(10-13-42-28-26(39)24(37)22(35)19(14-33)43-28)6-8-18-17(2)7-9-21-31(18,3)11-5-12-32(21,4)30(41)45-29-27(40)25(38)23(36)20(15-34)44-29/h10,18-29,33-40H,2,5-9,11-15H2,1,3-4H3/b16-10-. The molecule has 258 valence electrons. The van der Waals surface area contributed by atoms with Crippen molar-refractivity contribution in [3.05, 3.63) is 23.8 Å². The van der Waals surface area contributed by atoms with Gasteiger partial charge in [-0.2, -0.15) is 0 Å². The average molecular weight is 645 g/mol. The molecular formula is C32H52O13. The van der Waals surface area contributed by atoms with Crippen LogP contribution in [-0.2, 0) is 23.7 Å². The predicted octanol–water partition coefficient (Wildman–Crippen LogP) is -0.349. The van der Waals surface area contributed by atoms with E-state index < -0.39 is 86.0 Å². The minimum absolute atomic E-state index is 0.0505. The van der Waals surface area contributed by atoms with Crippen LogP contribution >= 0.6 is 0 Å². The van der Waals surface area contributed by atoms with E-state index in [0.717, 1.165) is 49.7 Å². The number of aliphatic hydroxyl groups is 8.